The van der Waals surface area contributed by atoms with Crippen molar-refractivity contribution in [2.24, 2.45) is 0 Å². The van der Waals surface area contributed by atoms with Gasteiger partial charge in [-0.2, -0.15) is 4.98 Å². The van der Waals surface area contributed by atoms with E-state index in [0.29, 0.717) is 5.69 Å². The molecule has 1 amide bonds. The van der Waals surface area contributed by atoms with Crippen molar-refractivity contribution in [1.82, 2.24) is 4.98 Å². The van der Waals surface area contributed by atoms with Crippen molar-refractivity contribution in [2.75, 3.05) is 17.7 Å². The number of nitrogens with one attached hydrogen (secondary N) is 1. The first-order valence-electron chi connectivity index (χ1n) is 6.66. The van der Waals surface area contributed by atoms with E-state index >= 15 is 0 Å². The smallest absolute Gasteiger partial charge is 0.412 e. The number of aromatic nitrogens is 1. The number of nitrogens with two attached hydrogens (primary N) is 1. The number of carbonyl (C=O) groups excluding carboxylic acids is 1. The summed E-state index contributed by atoms with van der Waals surface area (Å²) in [7, 11) is 0. The zero-order chi connectivity index (χ0) is 15.9. The van der Waals surface area contributed by atoms with Gasteiger partial charge in [-0.15, -0.1) is 0 Å². The van der Waals surface area contributed by atoms with Gasteiger partial charge in [0, 0.05) is 6.07 Å². The zero-order valence-corrected chi connectivity index (χ0v) is 12.0. The third-order valence-corrected chi connectivity index (χ3v) is 2.70. The second kappa shape index (κ2) is 7.26. The first-order chi connectivity index (χ1) is 10.6. The number of hydrogen-bond acceptors (Lipinski definition) is 5. The highest BCUT2D eigenvalue weighted by molar-refractivity contribution is 5.87. The van der Waals surface area contributed by atoms with Crippen LogP contribution in [0.25, 0.3) is 0 Å². The molecule has 6 nitrogen and oxygen atoms in total. The highest BCUT2D eigenvalue weighted by Crippen LogP contribution is 2.20. The van der Waals surface area contributed by atoms with Crippen molar-refractivity contribution >= 4 is 17.6 Å². The molecule has 0 radical (unpaired) electrons. The third kappa shape index (κ3) is 4.34. The van der Waals surface area contributed by atoms with Gasteiger partial charge < -0.3 is 15.2 Å². The quantitative estimate of drug-likeness (QED) is 0.887. The fourth-order valence-electron chi connectivity index (χ4n) is 1.63. The topological polar surface area (TPSA) is 86.5 Å². The van der Waals surface area contributed by atoms with E-state index in [0.717, 1.165) is 5.56 Å². The van der Waals surface area contributed by atoms with Crippen LogP contribution in [0.1, 0.15) is 12.5 Å². The summed E-state index contributed by atoms with van der Waals surface area (Å²) in [4.78, 5) is 15.5. The largest absolute Gasteiger partial charge is 0.473 e. The highest BCUT2D eigenvalue weighted by atomic mass is 19.1. The number of nitrogen functional groups attached to an aromatic ring is 1. The van der Waals surface area contributed by atoms with Crippen molar-refractivity contribution in [1.29, 1.82) is 0 Å². The minimum atomic E-state index is -0.641. The van der Waals surface area contributed by atoms with Gasteiger partial charge in [-0.3, -0.25) is 5.32 Å². The Balaban J connectivity index is 2.02. The van der Waals surface area contributed by atoms with Crippen molar-refractivity contribution in [3.63, 3.8) is 0 Å². The maximum atomic E-state index is 12.8. The Bertz CT molecular complexity index is 647. The molecule has 7 heteroatoms. The summed E-state index contributed by atoms with van der Waals surface area (Å²) in [5.41, 5.74) is 6.81. The van der Waals surface area contributed by atoms with Crippen molar-refractivity contribution in [2.45, 2.75) is 13.5 Å². The Morgan fingerprint density at radius 2 is 2.00 bits per heavy atom. The van der Waals surface area contributed by atoms with Gasteiger partial charge >= 0.3 is 6.09 Å². The van der Waals surface area contributed by atoms with Gasteiger partial charge in [0.2, 0.25) is 5.88 Å². The monoisotopic (exact) mass is 305 g/mol. The van der Waals surface area contributed by atoms with Crippen LogP contribution in [0, 0.1) is 5.82 Å². The standard InChI is InChI=1S/C15H16FN3O3/c1-2-21-15(20)19-14-12(17)7-8-13(18-14)22-9-10-3-5-11(16)6-4-10/h3-8H,2,9,17H2,1H3,(H,18,19,20). The fourth-order valence-corrected chi connectivity index (χ4v) is 1.63. The molecule has 0 atom stereocenters. The summed E-state index contributed by atoms with van der Waals surface area (Å²) in [6.45, 7) is 2.15. The van der Waals surface area contributed by atoms with Crippen LogP contribution in [-0.4, -0.2) is 17.7 Å². The molecule has 1 heterocycles. The van der Waals surface area contributed by atoms with Crippen LogP contribution in [0.4, 0.5) is 20.7 Å². The molecular formula is C15H16FN3O3. The van der Waals surface area contributed by atoms with Crippen LogP contribution in [0.5, 0.6) is 5.88 Å². The molecule has 116 valence electrons. The Morgan fingerprint density at radius 3 is 2.68 bits per heavy atom. The second-order valence-electron chi connectivity index (χ2n) is 4.35. The molecule has 2 aromatic rings. The Kier molecular flexibility index (Phi) is 5.13. The summed E-state index contributed by atoms with van der Waals surface area (Å²) in [6, 6.07) is 9.07. The zero-order valence-electron chi connectivity index (χ0n) is 12.0. The number of ether oxygens (including phenoxy) is 2. The molecular weight excluding hydrogens is 289 g/mol. The van der Waals surface area contributed by atoms with E-state index in [1.165, 1.54) is 12.1 Å². The molecule has 0 spiro atoms. The molecule has 0 unspecified atom stereocenters. The minimum absolute atomic E-state index is 0.162. The van der Waals surface area contributed by atoms with Crippen molar-refractivity contribution in [3.8, 4) is 5.88 Å². The number of nitrogens with zero attached hydrogens (tertiary/aromatic N) is 1. The average Bonchev–Trinajstić information content (AvgIpc) is 2.50. The van der Waals surface area contributed by atoms with Crippen molar-refractivity contribution < 1.29 is 18.7 Å². The van der Waals surface area contributed by atoms with Gasteiger partial charge in [0.25, 0.3) is 0 Å². The van der Waals surface area contributed by atoms with Gasteiger partial charge in [-0.05, 0) is 30.7 Å². The molecule has 22 heavy (non-hydrogen) atoms. The molecule has 3 N–H and O–H groups in total. The van der Waals surface area contributed by atoms with Crippen LogP contribution in [0.3, 0.4) is 0 Å². The number of anilines is 2. The predicted molar refractivity (Wildman–Crippen MR) is 80.0 cm³/mol. The van der Waals surface area contributed by atoms with Crippen LogP contribution < -0.4 is 15.8 Å². The molecule has 0 aliphatic carbocycles. The molecule has 2 rings (SSSR count). The highest BCUT2D eigenvalue weighted by Gasteiger charge is 2.09. The molecule has 0 saturated carbocycles. The lowest BCUT2D eigenvalue weighted by Crippen LogP contribution is -2.15. The number of hydrogen-bond donors (Lipinski definition) is 2. The van der Waals surface area contributed by atoms with E-state index in [9.17, 15) is 9.18 Å². The van der Waals surface area contributed by atoms with Crippen LogP contribution in [0.2, 0.25) is 0 Å². The molecule has 0 aliphatic rings. The van der Waals surface area contributed by atoms with Crippen LogP contribution in [-0.2, 0) is 11.3 Å². The van der Waals surface area contributed by atoms with E-state index in [1.807, 2.05) is 0 Å². The number of benzene rings is 1. The molecule has 1 aromatic carbocycles. The molecule has 1 aromatic heterocycles. The van der Waals surface area contributed by atoms with Gasteiger partial charge in [0.1, 0.15) is 12.4 Å². The van der Waals surface area contributed by atoms with Crippen LogP contribution in [0.15, 0.2) is 36.4 Å². The summed E-state index contributed by atoms with van der Waals surface area (Å²) in [6.07, 6.45) is -0.641. The number of amides is 1. The average molecular weight is 305 g/mol. The van der Waals surface area contributed by atoms with Crippen LogP contribution >= 0.6 is 0 Å². The molecule has 0 bridgehead atoms. The first-order valence-corrected chi connectivity index (χ1v) is 6.66. The molecule has 0 saturated heterocycles. The molecule has 0 aliphatic heterocycles. The van der Waals surface area contributed by atoms with Gasteiger partial charge in [0.05, 0.1) is 12.3 Å². The molecule has 0 fully saturated rings. The van der Waals surface area contributed by atoms with Crippen molar-refractivity contribution in [3.05, 3.63) is 47.8 Å². The lowest BCUT2D eigenvalue weighted by molar-refractivity contribution is 0.168. The van der Waals surface area contributed by atoms with Gasteiger partial charge in [-0.25, -0.2) is 9.18 Å². The van der Waals surface area contributed by atoms with E-state index in [1.54, 1.807) is 31.2 Å². The maximum Gasteiger partial charge on any atom is 0.412 e. The number of halogens is 1. The SMILES string of the molecule is CCOC(=O)Nc1nc(OCc2ccc(F)cc2)ccc1N. The third-order valence-electron chi connectivity index (χ3n) is 2.70. The van der Waals surface area contributed by atoms with E-state index in [-0.39, 0.29) is 30.7 Å². The van der Waals surface area contributed by atoms with E-state index in [4.69, 9.17) is 15.2 Å². The Hall–Kier alpha value is -2.83. The van der Waals surface area contributed by atoms with E-state index in [2.05, 4.69) is 10.3 Å². The predicted octanol–water partition coefficient (Wildman–Crippen LogP) is 2.95. The lowest BCUT2D eigenvalue weighted by atomic mass is 10.2. The Morgan fingerprint density at radius 1 is 1.27 bits per heavy atom. The normalized spacial score (nSPS) is 10.1. The number of carbonyl (C=O) groups is 1. The van der Waals surface area contributed by atoms with Gasteiger partial charge in [-0.1, -0.05) is 12.1 Å². The number of rotatable bonds is 5. The van der Waals surface area contributed by atoms with E-state index < -0.39 is 6.09 Å². The lowest BCUT2D eigenvalue weighted by Gasteiger charge is -2.10. The fraction of sp³-hybridized carbons (Fsp3) is 0.200. The minimum Gasteiger partial charge on any atom is -0.473 e. The van der Waals surface area contributed by atoms with Gasteiger partial charge in [0.15, 0.2) is 5.82 Å². The summed E-state index contributed by atoms with van der Waals surface area (Å²) >= 11 is 0. The maximum absolute atomic E-state index is 12.8. The Labute approximate surface area is 127 Å². The number of pyridine rings is 1. The summed E-state index contributed by atoms with van der Waals surface area (Å²) in [5, 5.41) is 2.43. The second-order valence-corrected chi connectivity index (χ2v) is 4.35. The first kappa shape index (κ1) is 15.6. The summed E-state index contributed by atoms with van der Waals surface area (Å²) in [5.74, 6) is 0.135. The summed E-state index contributed by atoms with van der Waals surface area (Å²) < 4.78 is 23.1.